The Bertz CT molecular complexity index is 1380. The minimum atomic E-state index is -3.41. The molecule has 158 valence electrons. The summed E-state index contributed by atoms with van der Waals surface area (Å²) in [6, 6.07) is 6.81. The van der Waals surface area contributed by atoms with E-state index in [2.05, 4.69) is 20.4 Å². The number of benzene rings is 1. The summed E-state index contributed by atoms with van der Waals surface area (Å²) < 4.78 is 38.3. The summed E-state index contributed by atoms with van der Waals surface area (Å²) in [7, 11) is -3.41. The molecule has 4 rings (SSSR count). The molecule has 0 saturated carbocycles. The fourth-order valence-electron chi connectivity index (χ4n) is 3.14. The topological polar surface area (TPSA) is 107 Å². The van der Waals surface area contributed by atoms with E-state index in [1.807, 2.05) is 0 Å². The molecule has 31 heavy (non-hydrogen) atoms. The zero-order valence-corrected chi connectivity index (χ0v) is 17.5. The number of halogens is 1. The van der Waals surface area contributed by atoms with Gasteiger partial charge in [0.15, 0.2) is 9.84 Å². The van der Waals surface area contributed by atoms with Crippen molar-refractivity contribution in [3.63, 3.8) is 0 Å². The number of rotatable bonds is 5. The van der Waals surface area contributed by atoms with E-state index in [0.29, 0.717) is 27.7 Å². The van der Waals surface area contributed by atoms with Crippen molar-refractivity contribution in [1.82, 2.24) is 25.1 Å². The van der Waals surface area contributed by atoms with Crippen LogP contribution in [0.3, 0.4) is 0 Å². The first-order valence-electron chi connectivity index (χ1n) is 9.27. The summed E-state index contributed by atoms with van der Waals surface area (Å²) in [5.74, 6) is -0.754. The average Bonchev–Trinajstić information content (AvgIpc) is 3.18. The lowest BCUT2D eigenvalue weighted by Crippen LogP contribution is -2.27. The molecule has 3 heterocycles. The van der Waals surface area contributed by atoms with E-state index in [4.69, 9.17) is 0 Å². The molecule has 0 fully saturated rings. The van der Waals surface area contributed by atoms with Crippen molar-refractivity contribution in [2.45, 2.75) is 17.9 Å². The minimum Gasteiger partial charge on any atom is -0.345 e. The first-order valence-corrected chi connectivity index (χ1v) is 11.2. The summed E-state index contributed by atoms with van der Waals surface area (Å²) in [6.45, 7) is 1.73. The van der Waals surface area contributed by atoms with Gasteiger partial charge in [-0.1, -0.05) is 0 Å². The van der Waals surface area contributed by atoms with E-state index in [1.165, 1.54) is 36.8 Å². The third-order valence-corrected chi connectivity index (χ3v) is 5.90. The van der Waals surface area contributed by atoms with Crippen LogP contribution in [0.2, 0.25) is 0 Å². The fraction of sp³-hybridized carbons (Fsp3) is 0.143. The number of aromatic nitrogens is 4. The van der Waals surface area contributed by atoms with E-state index in [1.54, 1.807) is 36.1 Å². The van der Waals surface area contributed by atoms with Crippen LogP contribution in [0.25, 0.3) is 16.6 Å². The predicted molar refractivity (Wildman–Crippen MR) is 112 cm³/mol. The minimum absolute atomic E-state index is 0.0791. The Labute approximate surface area is 177 Å². The highest BCUT2D eigenvalue weighted by molar-refractivity contribution is 7.90. The van der Waals surface area contributed by atoms with Crippen molar-refractivity contribution in [2.24, 2.45) is 0 Å². The molecular formula is C21H18FN5O3S. The third kappa shape index (κ3) is 4.15. The molecule has 0 aliphatic rings. The molecule has 10 heteroatoms. The molecule has 0 radical (unpaired) electrons. The lowest BCUT2D eigenvalue weighted by molar-refractivity contribution is 0.0941. The Kier molecular flexibility index (Phi) is 5.24. The SMILES string of the molecule is C[C@H](NC(=O)c1cncc2c1cnn2-c1ccc(F)cc1)c1cncc(S(C)(=O)=O)c1. The van der Waals surface area contributed by atoms with Crippen molar-refractivity contribution in [2.75, 3.05) is 6.26 Å². The van der Waals surface area contributed by atoms with E-state index in [-0.39, 0.29) is 10.7 Å². The van der Waals surface area contributed by atoms with Crippen LogP contribution >= 0.6 is 0 Å². The van der Waals surface area contributed by atoms with Crippen LogP contribution < -0.4 is 5.32 Å². The zero-order chi connectivity index (χ0) is 22.2. The van der Waals surface area contributed by atoms with E-state index < -0.39 is 21.8 Å². The number of nitrogens with zero attached hydrogens (tertiary/aromatic N) is 4. The summed E-state index contributed by atoms with van der Waals surface area (Å²) in [4.78, 5) is 21.1. The lowest BCUT2D eigenvalue weighted by atomic mass is 10.1. The molecule has 1 amide bonds. The van der Waals surface area contributed by atoms with Gasteiger partial charge >= 0.3 is 0 Å². The van der Waals surface area contributed by atoms with Crippen LogP contribution in [-0.2, 0) is 9.84 Å². The number of carbonyl (C=O) groups excluding carboxylic acids is 1. The molecule has 0 aliphatic carbocycles. The van der Waals surface area contributed by atoms with Gasteiger partial charge in [-0.05, 0) is 42.8 Å². The van der Waals surface area contributed by atoms with Gasteiger partial charge in [-0.2, -0.15) is 5.10 Å². The maximum absolute atomic E-state index is 13.2. The van der Waals surface area contributed by atoms with E-state index >= 15 is 0 Å². The Balaban J connectivity index is 1.63. The quantitative estimate of drug-likeness (QED) is 0.512. The molecule has 0 saturated heterocycles. The Morgan fingerprint density at radius 3 is 2.48 bits per heavy atom. The smallest absolute Gasteiger partial charge is 0.254 e. The van der Waals surface area contributed by atoms with Crippen molar-refractivity contribution >= 4 is 26.6 Å². The van der Waals surface area contributed by atoms with Gasteiger partial charge in [0.05, 0.1) is 40.1 Å². The van der Waals surface area contributed by atoms with Gasteiger partial charge in [0.1, 0.15) is 5.82 Å². The normalized spacial score (nSPS) is 12.6. The summed E-state index contributed by atoms with van der Waals surface area (Å²) in [5.41, 5.74) is 2.09. The molecule has 1 N–H and O–H groups in total. The first-order chi connectivity index (χ1) is 14.7. The van der Waals surface area contributed by atoms with Crippen LogP contribution in [-0.4, -0.2) is 40.3 Å². The molecule has 0 aliphatic heterocycles. The largest absolute Gasteiger partial charge is 0.345 e. The number of nitrogens with one attached hydrogen (secondary N) is 1. The number of amides is 1. The second kappa shape index (κ2) is 7.88. The molecule has 1 atom stereocenters. The standard InChI is InChI=1S/C21H18FN5O3S/c1-13(14-7-17(9-23-8-14)31(2,29)30)26-21(28)19-10-24-12-20-18(19)11-25-27(20)16-5-3-15(22)4-6-16/h3-13H,1-2H3,(H,26,28)/t13-/m0/s1. The maximum Gasteiger partial charge on any atom is 0.254 e. The predicted octanol–water partition coefficient (Wildman–Crippen LogP) is 2.85. The first kappa shape index (κ1) is 20.6. The summed E-state index contributed by atoms with van der Waals surface area (Å²) in [6.07, 6.45) is 8.43. The van der Waals surface area contributed by atoms with Crippen molar-refractivity contribution in [3.8, 4) is 5.69 Å². The number of pyridine rings is 2. The summed E-state index contributed by atoms with van der Waals surface area (Å²) >= 11 is 0. The van der Waals surface area contributed by atoms with Crippen molar-refractivity contribution < 1.29 is 17.6 Å². The highest BCUT2D eigenvalue weighted by Crippen LogP contribution is 2.22. The highest BCUT2D eigenvalue weighted by atomic mass is 32.2. The van der Waals surface area contributed by atoms with E-state index in [9.17, 15) is 17.6 Å². The molecular weight excluding hydrogens is 421 g/mol. The second-order valence-corrected chi connectivity index (χ2v) is 9.09. The van der Waals surface area contributed by atoms with Gasteiger partial charge in [0.2, 0.25) is 0 Å². The Morgan fingerprint density at radius 2 is 1.77 bits per heavy atom. The number of sulfone groups is 1. The second-order valence-electron chi connectivity index (χ2n) is 7.07. The van der Waals surface area contributed by atoms with Crippen molar-refractivity contribution in [3.05, 3.63) is 78.3 Å². The van der Waals surface area contributed by atoms with Gasteiger partial charge in [-0.3, -0.25) is 14.8 Å². The third-order valence-electron chi connectivity index (χ3n) is 4.82. The number of hydrogen-bond acceptors (Lipinski definition) is 6. The molecule has 0 spiro atoms. The number of fused-ring (bicyclic) bond motifs is 1. The van der Waals surface area contributed by atoms with Crippen LogP contribution in [0.15, 0.2) is 66.2 Å². The Hall–Kier alpha value is -3.66. The van der Waals surface area contributed by atoms with E-state index in [0.717, 1.165) is 6.26 Å². The average molecular weight is 439 g/mol. The Morgan fingerprint density at radius 1 is 1.06 bits per heavy atom. The number of hydrogen-bond donors (Lipinski definition) is 1. The lowest BCUT2D eigenvalue weighted by Gasteiger charge is -2.15. The zero-order valence-electron chi connectivity index (χ0n) is 16.7. The van der Waals surface area contributed by atoms with Crippen molar-refractivity contribution in [1.29, 1.82) is 0 Å². The molecule has 0 bridgehead atoms. The maximum atomic E-state index is 13.2. The monoisotopic (exact) mass is 439 g/mol. The molecule has 3 aromatic heterocycles. The van der Waals surface area contributed by atoms with Crippen LogP contribution in [0.1, 0.15) is 28.9 Å². The van der Waals surface area contributed by atoms with Gasteiger partial charge < -0.3 is 5.32 Å². The molecule has 1 aromatic carbocycles. The van der Waals surface area contributed by atoms with Crippen LogP contribution in [0, 0.1) is 5.82 Å². The van der Waals surface area contributed by atoms with Gasteiger partial charge in [0.25, 0.3) is 5.91 Å². The highest BCUT2D eigenvalue weighted by Gasteiger charge is 2.18. The molecule has 8 nitrogen and oxygen atoms in total. The molecule has 0 unspecified atom stereocenters. The summed E-state index contributed by atoms with van der Waals surface area (Å²) in [5, 5.41) is 7.73. The van der Waals surface area contributed by atoms with Crippen LogP contribution in [0.5, 0.6) is 0 Å². The van der Waals surface area contributed by atoms with Gasteiger partial charge in [-0.25, -0.2) is 17.5 Å². The van der Waals surface area contributed by atoms with Gasteiger partial charge in [0, 0.05) is 30.2 Å². The van der Waals surface area contributed by atoms with Gasteiger partial charge in [-0.15, -0.1) is 0 Å². The van der Waals surface area contributed by atoms with Crippen LogP contribution in [0.4, 0.5) is 4.39 Å². The molecule has 4 aromatic rings. The number of carbonyl (C=O) groups is 1. The fourth-order valence-corrected chi connectivity index (χ4v) is 3.75.